The molecule has 0 radical (unpaired) electrons. The Bertz CT molecular complexity index is 702. The number of ether oxygens (including phenoxy) is 3. The first-order chi connectivity index (χ1) is 10.3. The van der Waals surface area contributed by atoms with Gasteiger partial charge >= 0.3 is 5.97 Å². The summed E-state index contributed by atoms with van der Waals surface area (Å²) in [4.78, 5) is 11.4. The van der Waals surface area contributed by atoms with Crippen LogP contribution in [0.3, 0.4) is 0 Å². The molecule has 0 amide bonds. The number of cyclic esters (lactones) is 1. The fourth-order valence-electron chi connectivity index (χ4n) is 2.11. The lowest BCUT2D eigenvalue weighted by molar-refractivity contribution is -0.137. The van der Waals surface area contributed by atoms with Gasteiger partial charge in [0.25, 0.3) is 5.22 Å². The minimum Gasteiger partial charge on any atom is -0.465 e. The van der Waals surface area contributed by atoms with E-state index in [0.29, 0.717) is 35.6 Å². The van der Waals surface area contributed by atoms with Crippen molar-refractivity contribution in [3.05, 3.63) is 18.2 Å². The summed E-state index contributed by atoms with van der Waals surface area (Å²) >= 11 is 1.23. The number of fused-ring (bicyclic) bond motifs is 1. The van der Waals surface area contributed by atoms with Gasteiger partial charge in [-0.05, 0) is 30.0 Å². The first kappa shape index (κ1) is 12.5. The van der Waals surface area contributed by atoms with Gasteiger partial charge in [-0.25, -0.2) is 0 Å². The molecule has 2 aliphatic heterocycles. The minimum absolute atomic E-state index is 0.216. The SMILES string of the molecule is O=C1OCC[C@@H]1Sc1nnc(-c2ccc3c(c2)OCO3)o1. The molecule has 7 nitrogen and oxygen atoms in total. The van der Waals surface area contributed by atoms with Crippen molar-refractivity contribution < 1.29 is 23.4 Å². The Labute approximate surface area is 123 Å². The lowest BCUT2D eigenvalue weighted by Gasteiger charge is -2.00. The quantitative estimate of drug-likeness (QED) is 0.795. The van der Waals surface area contributed by atoms with Gasteiger partial charge in [-0.3, -0.25) is 4.79 Å². The third-order valence-electron chi connectivity index (χ3n) is 3.16. The zero-order valence-corrected chi connectivity index (χ0v) is 11.6. The normalized spacial score (nSPS) is 19.8. The zero-order chi connectivity index (χ0) is 14.2. The van der Waals surface area contributed by atoms with E-state index in [0.717, 1.165) is 5.56 Å². The summed E-state index contributed by atoms with van der Waals surface area (Å²) in [6, 6.07) is 5.40. The van der Waals surface area contributed by atoms with E-state index in [1.165, 1.54) is 11.8 Å². The number of nitrogens with zero attached hydrogens (tertiary/aromatic N) is 2. The van der Waals surface area contributed by atoms with Crippen molar-refractivity contribution in [2.75, 3.05) is 13.4 Å². The van der Waals surface area contributed by atoms with Crippen molar-refractivity contribution >= 4 is 17.7 Å². The van der Waals surface area contributed by atoms with Gasteiger partial charge in [0.2, 0.25) is 12.7 Å². The molecule has 21 heavy (non-hydrogen) atoms. The Morgan fingerprint density at radius 1 is 1.14 bits per heavy atom. The van der Waals surface area contributed by atoms with Crippen LogP contribution in [0.25, 0.3) is 11.5 Å². The van der Waals surface area contributed by atoms with Crippen LogP contribution in [-0.4, -0.2) is 34.8 Å². The number of benzene rings is 1. The zero-order valence-electron chi connectivity index (χ0n) is 10.8. The molecule has 2 aromatic rings. The summed E-state index contributed by atoms with van der Waals surface area (Å²) in [5.41, 5.74) is 0.743. The van der Waals surface area contributed by atoms with Crippen molar-refractivity contribution in [2.45, 2.75) is 16.9 Å². The molecule has 0 aliphatic carbocycles. The third-order valence-corrected chi connectivity index (χ3v) is 4.24. The highest BCUT2D eigenvalue weighted by molar-refractivity contribution is 8.00. The van der Waals surface area contributed by atoms with Crippen LogP contribution in [0, 0.1) is 0 Å². The molecule has 3 heterocycles. The van der Waals surface area contributed by atoms with Crippen molar-refractivity contribution in [1.82, 2.24) is 10.2 Å². The maximum atomic E-state index is 11.4. The second-order valence-corrected chi connectivity index (χ2v) is 5.66. The van der Waals surface area contributed by atoms with Gasteiger partial charge in [-0.1, -0.05) is 0 Å². The number of aromatic nitrogens is 2. The second kappa shape index (κ2) is 4.96. The molecule has 0 saturated carbocycles. The number of carbonyl (C=O) groups excluding carboxylic acids is 1. The molecular weight excluding hydrogens is 296 g/mol. The molecule has 1 saturated heterocycles. The van der Waals surface area contributed by atoms with Crippen LogP contribution >= 0.6 is 11.8 Å². The molecule has 0 N–H and O–H groups in total. The van der Waals surface area contributed by atoms with Gasteiger partial charge in [0.1, 0.15) is 5.25 Å². The van der Waals surface area contributed by atoms with Crippen molar-refractivity contribution in [1.29, 1.82) is 0 Å². The Morgan fingerprint density at radius 2 is 2.05 bits per heavy atom. The molecule has 1 fully saturated rings. The van der Waals surface area contributed by atoms with E-state index in [-0.39, 0.29) is 18.0 Å². The monoisotopic (exact) mass is 306 g/mol. The second-order valence-electron chi connectivity index (χ2n) is 4.50. The Kier molecular flexibility index (Phi) is 2.95. The van der Waals surface area contributed by atoms with Gasteiger partial charge in [-0.2, -0.15) is 0 Å². The van der Waals surface area contributed by atoms with E-state index < -0.39 is 0 Å². The third kappa shape index (κ3) is 2.31. The lowest BCUT2D eigenvalue weighted by Crippen LogP contribution is -2.09. The Morgan fingerprint density at radius 3 is 2.90 bits per heavy atom. The summed E-state index contributed by atoms with van der Waals surface area (Å²) < 4.78 is 21.0. The van der Waals surface area contributed by atoms with E-state index >= 15 is 0 Å². The number of hydrogen-bond acceptors (Lipinski definition) is 8. The average Bonchev–Trinajstić information content (AvgIpc) is 3.20. The summed E-state index contributed by atoms with van der Waals surface area (Å²) in [5, 5.41) is 8.03. The summed E-state index contributed by atoms with van der Waals surface area (Å²) in [6.45, 7) is 0.660. The first-order valence-corrected chi connectivity index (χ1v) is 7.24. The van der Waals surface area contributed by atoms with Gasteiger partial charge in [0.15, 0.2) is 11.5 Å². The highest BCUT2D eigenvalue weighted by atomic mass is 32.2. The predicted molar refractivity (Wildman–Crippen MR) is 71.1 cm³/mol. The molecule has 1 aromatic heterocycles. The Hall–Kier alpha value is -2.22. The largest absolute Gasteiger partial charge is 0.465 e. The molecule has 1 atom stereocenters. The summed E-state index contributed by atoms with van der Waals surface area (Å²) in [5.74, 6) is 1.49. The predicted octanol–water partition coefficient (Wildman–Crippen LogP) is 1.87. The topological polar surface area (TPSA) is 83.7 Å². The fourth-order valence-corrected chi connectivity index (χ4v) is 2.95. The molecule has 0 spiro atoms. The number of rotatable bonds is 3. The van der Waals surface area contributed by atoms with Crippen LogP contribution in [0.1, 0.15) is 6.42 Å². The summed E-state index contributed by atoms with van der Waals surface area (Å²) in [7, 11) is 0. The van der Waals surface area contributed by atoms with E-state index in [1.807, 2.05) is 6.07 Å². The van der Waals surface area contributed by atoms with Crippen LogP contribution in [0.4, 0.5) is 0 Å². The standard InChI is InChI=1S/C13H10N2O5S/c16-12-10(3-4-17-12)21-13-15-14-11(20-13)7-1-2-8-9(5-7)19-6-18-8/h1-2,5,10H,3-4,6H2/t10-/m0/s1. The fraction of sp³-hybridized carbons (Fsp3) is 0.308. The molecule has 0 bridgehead atoms. The molecule has 2 aliphatic rings. The van der Waals surface area contributed by atoms with E-state index in [4.69, 9.17) is 18.6 Å². The maximum absolute atomic E-state index is 11.4. The highest BCUT2D eigenvalue weighted by Crippen LogP contribution is 2.36. The molecule has 0 unspecified atom stereocenters. The lowest BCUT2D eigenvalue weighted by atomic mass is 10.2. The first-order valence-electron chi connectivity index (χ1n) is 6.36. The van der Waals surface area contributed by atoms with Gasteiger partial charge < -0.3 is 18.6 Å². The molecule has 1 aromatic carbocycles. The molecule has 8 heteroatoms. The van der Waals surface area contributed by atoms with Crippen molar-refractivity contribution in [2.24, 2.45) is 0 Å². The van der Waals surface area contributed by atoms with Crippen LogP contribution in [-0.2, 0) is 9.53 Å². The number of carbonyl (C=O) groups is 1. The van der Waals surface area contributed by atoms with E-state index in [2.05, 4.69) is 10.2 Å². The smallest absolute Gasteiger partial charge is 0.319 e. The van der Waals surface area contributed by atoms with E-state index in [1.54, 1.807) is 12.1 Å². The average molecular weight is 306 g/mol. The van der Waals surface area contributed by atoms with Gasteiger partial charge in [0.05, 0.1) is 6.61 Å². The molecule has 108 valence electrons. The van der Waals surface area contributed by atoms with Crippen LogP contribution < -0.4 is 9.47 Å². The number of hydrogen-bond donors (Lipinski definition) is 0. The van der Waals surface area contributed by atoms with Crippen LogP contribution in [0.5, 0.6) is 11.5 Å². The van der Waals surface area contributed by atoms with E-state index in [9.17, 15) is 4.79 Å². The Balaban J connectivity index is 1.55. The van der Waals surface area contributed by atoms with Crippen molar-refractivity contribution in [3.63, 3.8) is 0 Å². The minimum atomic E-state index is -0.268. The van der Waals surface area contributed by atoms with Crippen molar-refractivity contribution in [3.8, 4) is 23.0 Å². The summed E-state index contributed by atoms with van der Waals surface area (Å²) in [6.07, 6.45) is 0.658. The van der Waals surface area contributed by atoms with Crippen LogP contribution in [0.2, 0.25) is 0 Å². The highest BCUT2D eigenvalue weighted by Gasteiger charge is 2.29. The van der Waals surface area contributed by atoms with Gasteiger partial charge in [0, 0.05) is 12.0 Å². The van der Waals surface area contributed by atoms with Crippen LogP contribution in [0.15, 0.2) is 27.8 Å². The molecule has 4 rings (SSSR count). The number of esters is 1. The maximum Gasteiger partial charge on any atom is 0.319 e. The number of thioether (sulfide) groups is 1. The van der Waals surface area contributed by atoms with Gasteiger partial charge in [-0.15, -0.1) is 10.2 Å². The molecular formula is C13H10N2O5S.